The molecule has 0 bridgehead atoms. The van der Waals surface area contributed by atoms with E-state index in [4.69, 9.17) is 12.2 Å². The van der Waals surface area contributed by atoms with E-state index in [2.05, 4.69) is 19.1 Å². The van der Waals surface area contributed by atoms with E-state index in [0.717, 1.165) is 30.1 Å². The van der Waals surface area contributed by atoms with Crippen LogP contribution in [0.5, 0.6) is 0 Å². The van der Waals surface area contributed by atoms with Crippen LogP contribution in [0.1, 0.15) is 25.3 Å². The predicted octanol–water partition coefficient (Wildman–Crippen LogP) is 3.91. The van der Waals surface area contributed by atoms with Crippen LogP contribution >= 0.6 is 35.7 Å². The van der Waals surface area contributed by atoms with Crippen LogP contribution in [0.3, 0.4) is 0 Å². The molecule has 0 saturated carbocycles. The van der Waals surface area contributed by atoms with E-state index in [9.17, 15) is 9.90 Å². The molecule has 1 N–H and O–H groups in total. The van der Waals surface area contributed by atoms with Gasteiger partial charge in [0.15, 0.2) is 0 Å². The third kappa shape index (κ3) is 6.77. The van der Waals surface area contributed by atoms with Crippen molar-refractivity contribution in [2.45, 2.75) is 38.3 Å². The molecule has 0 aliphatic carbocycles. The summed E-state index contributed by atoms with van der Waals surface area (Å²) in [6.07, 6.45) is 4.73. The average molecular weight is 396 g/mol. The molecule has 1 heterocycles. The number of carbonyl (C=O) groups excluding carboxylic acids is 1. The van der Waals surface area contributed by atoms with E-state index in [1.807, 2.05) is 36.0 Å². The van der Waals surface area contributed by atoms with Gasteiger partial charge in [0.25, 0.3) is 0 Å². The number of hydrogen-bond donors (Lipinski definition) is 1. The molecule has 0 spiro atoms. The Morgan fingerprint density at radius 1 is 1.48 bits per heavy atom. The second-order valence-corrected chi connectivity index (χ2v) is 8.92. The van der Waals surface area contributed by atoms with Crippen molar-refractivity contribution in [3.8, 4) is 0 Å². The molecule has 3 nitrogen and oxygen atoms in total. The molecule has 6 heteroatoms. The van der Waals surface area contributed by atoms with Crippen LogP contribution in [0, 0.1) is 0 Å². The minimum Gasteiger partial charge on any atom is -0.389 e. The van der Waals surface area contributed by atoms with Crippen molar-refractivity contribution >= 4 is 46.0 Å². The number of benzene rings is 1. The quantitative estimate of drug-likeness (QED) is 0.390. The molecule has 1 saturated heterocycles. The van der Waals surface area contributed by atoms with Crippen molar-refractivity contribution in [3.05, 3.63) is 48.0 Å². The van der Waals surface area contributed by atoms with Gasteiger partial charge in [0.1, 0.15) is 4.32 Å². The predicted molar refractivity (Wildman–Crippen MR) is 113 cm³/mol. The summed E-state index contributed by atoms with van der Waals surface area (Å²) >= 11 is 8.78. The molecule has 1 aromatic carbocycles. The van der Waals surface area contributed by atoms with Gasteiger partial charge in [-0.25, -0.2) is 0 Å². The zero-order valence-electron chi connectivity index (χ0n) is 14.5. The molecule has 136 valence electrons. The first-order valence-corrected chi connectivity index (χ1v) is 11.1. The van der Waals surface area contributed by atoms with Gasteiger partial charge in [-0.2, -0.15) is 11.8 Å². The number of hydrogen-bond acceptors (Lipinski definition) is 5. The molecule has 1 amide bonds. The molecule has 0 aromatic heterocycles. The topological polar surface area (TPSA) is 40.5 Å². The molecule has 1 aliphatic heterocycles. The molecule has 2 unspecified atom stereocenters. The number of amides is 1. The van der Waals surface area contributed by atoms with Crippen molar-refractivity contribution in [2.75, 3.05) is 17.3 Å². The maximum absolute atomic E-state index is 12.6. The minimum atomic E-state index is -0.745. The number of aliphatic hydroxyl groups excluding tert-OH is 1. The fraction of sp³-hybridized carbons (Fsp3) is 0.474. The molecule has 2 atom stereocenters. The van der Waals surface area contributed by atoms with E-state index in [-0.39, 0.29) is 18.4 Å². The second-order valence-electron chi connectivity index (χ2n) is 5.87. The number of nitrogens with zero attached hydrogens (tertiary/aromatic N) is 1. The van der Waals surface area contributed by atoms with Crippen molar-refractivity contribution in [3.63, 3.8) is 0 Å². The Bertz CT molecular complexity index is 592. The van der Waals surface area contributed by atoms with Gasteiger partial charge in [-0.3, -0.25) is 9.69 Å². The first-order valence-electron chi connectivity index (χ1n) is 8.57. The van der Waals surface area contributed by atoms with E-state index in [0.29, 0.717) is 4.32 Å². The van der Waals surface area contributed by atoms with Gasteiger partial charge in [0.05, 0.1) is 18.6 Å². The average Bonchev–Trinajstić information content (AvgIpc) is 2.96. The van der Waals surface area contributed by atoms with Crippen molar-refractivity contribution in [2.24, 2.45) is 0 Å². The van der Waals surface area contributed by atoms with Crippen LogP contribution in [0.15, 0.2) is 42.5 Å². The monoisotopic (exact) mass is 395 g/mol. The van der Waals surface area contributed by atoms with Crippen LogP contribution in [-0.2, 0) is 11.2 Å². The third-order valence-corrected chi connectivity index (χ3v) is 6.40. The standard InChI is InChI=1S/C19H25NO2S3/c1-2-24-11-7-6-10-17(21)13-18(22)20-16(14-25-19(20)23)12-15-8-4-3-5-9-15/h3-6,8-10,16-17,21H,2,7,11-14H2,1H3/b10-6+. The first kappa shape index (κ1) is 20.5. The van der Waals surface area contributed by atoms with Gasteiger partial charge in [0, 0.05) is 5.75 Å². The highest BCUT2D eigenvalue weighted by molar-refractivity contribution is 8.23. The molecule has 1 fully saturated rings. The van der Waals surface area contributed by atoms with Gasteiger partial charge >= 0.3 is 0 Å². The molecule has 1 aromatic rings. The Morgan fingerprint density at radius 3 is 2.96 bits per heavy atom. The van der Waals surface area contributed by atoms with Crippen LogP contribution in [0.25, 0.3) is 0 Å². The van der Waals surface area contributed by atoms with Gasteiger partial charge in [-0.05, 0) is 29.9 Å². The lowest BCUT2D eigenvalue weighted by atomic mass is 10.1. The highest BCUT2D eigenvalue weighted by Gasteiger charge is 2.34. The fourth-order valence-electron chi connectivity index (χ4n) is 2.70. The summed E-state index contributed by atoms with van der Waals surface area (Å²) < 4.78 is 0.626. The summed E-state index contributed by atoms with van der Waals surface area (Å²) in [6, 6.07) is 10.2. The SMILES string of the molecule is CCSCC/C=C/C(O)CC(=O)N1C(=S)SCC1Cc1ccccc1. The zero-order valence-corrected chi connectivity index (χ0v) is 16.9. The summed E-state index contributed by atoms with van der Waals surface area (Å²) in [6.45, 7) is 2.13. The molecule has 2 rings (SSSR count). The summed E-state index contributed by atoms with van der Waals surface area (Å²) in [7, 11) is 0. The Kier molecular flexibility index (Phi) is 9.03. The lowest BCUT2D eigenvalue weighted by Gasteiger charge is -2.24. The van der Waals surface area contributed by atoms with Crippen molar-refractivity contribution in [1.29, 1.82) is 0 Å². The second kappa shape index (κ2) is 11.0. The molecular weight excluding hydrogens is 370 g/mol. The number of carbonyl (C=O) groups is 1. The maximum Gasteiger partial charge on any atom is 0.231 e. The van der Waals surface area contributed by atoms with Gasteiger partial charge < -0.3 is 5.11 Å². The highest BCUT2D eigenvalue weighted by Crippen LogP contribution is 2.27. The molecule has 25 heavy (non-hydrogen) atoms. The lowest BCUT2D eigenvalue weighted by molar-refractivity contribution is -0.129. The zero-order chi connectivity index (χ0) is 18.1. The smallest absolute Gasteiger partial charge is 0.231 e. The van der Waals surface area contributed by atoms with Crippen molar-refractivity contribution < 1.29 is 9.90 Å². The Balaban J connectivity index is 1.88. The first-order chi connectivity index (χ1) is 12.1. The van der Waals surface area contributed by atoms with Crippen LogP contribution in [-0.4, -0.2) is 49.6 Å². The van der Waals surface area contributed by atoms with E-state index < -0.39 is 6.10 Å². The van der Waals surface area contributed by atoms with E-state index in [1.54, 1.807) is 22.7 Å². The Hall–Kier alpha value is -0.820. The molecule has 0 radical (unpaired) electrons. The molecule has 1 aliphatic rings. The summed E-state index contributed by atoms with van der Waals surface area (Å²) in [4.78, 5) is 14.3. The fourth-order valence-corrected chi connectivity index (χ4v) is 4.74. The van der Waals surface area contributed by atoms with Crippen LogP contribution < -0.4 is 0 Å². The normalized spacial score (nSPS) is 18.9. The number of aliphatic hydroxyl groups is 1. The van der Waals surface area contributed by atoms with Gasteiger partial charge in [-0.1, -0.05) is 73.4 Å². The molecular formula is C19H25NO2S3. The maximum atomic E-state index is 12.6. The number of thioether (sulfide) groups is 2. The van der Waals surface area contributed by atoms with Crippen LogP contribution in [0.2, 0.25) is 0 Å². The van der Waals surface area contributed by atoms with Gasteiger partial charge in [0.2, 0.25) is 5.91 Å². The highest BCUT2D eigenvalue weighted by atomic mass is 32.2. The van der Waals surface area contributed by atoms with Crippen molar-refractivity contribution in [1.82, 2.24) is 4.90 Å². The third-order valence-electron chi connectivity index (χ3n) is 3.92. The van der Waals surface area contributed by atoms with Gasteiger partial charge in [-0.15, -0.1) is 0 Å². The number of rotatable bonds is 9. The van der Waals surface area contributed by atoms with E-state index >= 15 is 0 Å². The summed E-state index contributed by atoms with van der Waals surface area (Å²) in [5.74, 6) is 2.87. The van der Waals surface area contributed by atoms with Crippen LogP contribution in [0.4, 0.5) is 0 Å². The number of allylic oxidation sites excluding steroid dienone is 1. The lowest BCUT2D eigenvalue weighted by Crippen LogP contribution is -2.41. The largest absolute Gasteiger partial charge is 0.389 e. The number of thiocarbonyl (C=S) groups is 1. The summed E-state index contributed by atoms with van der Waals surface area (Å²) in [5.41, 5.74) is 1.20. The minimum absolute atomic E-state index is 0.0736. The van der Waals surface area contributed by atoms with E-state index in [1.165, 1.54) is 5.56 Å². The Morgan fingerprint density at radius 2 is 2.24 bits per heavy atom. The summed E-state index contributed by atoms with van der Waals surface area (Å²) in [5, 5.41) is 10.1. The Labute approximate surface area is 164 Å².